The largest absolute Gasteiger partial charge is 0.380 e. The van der Waals surface area contributed by atoms with E-state index in [1.54, 1.807) is 12.1 Å². The normalized spacial score (nSPS) is 11.9. The van der Waals surface area contributed by atoms with Crippen LogP contribution in [0.3, 0.4) is 0 Å². The van der Waals surface area contributed by atoms with Crippen molar-refractivity contribution in [2.45, 2.75) is 50.8 Å². The highest BCUT2D eigenvalue weighted by Gasteiger charge is 2.25. The van der Waals surface area contributed by atoms with E-state index in [0.29, 0.717) is 16.7 Å². The molecule has 5 nitrogen and oxygen atoms in total. The summed E-state index contributed by atoms with van der Waals surface area (Å²) in [7, 11) is -4.22. The quantitative estimate of drug-likeness (QED) is 0.531. The van der Waals surface area contributed by atoms with Gasteiger partial charge in [-0.1, -0.05) is 52.0 Å². The predicted octanol–water partition coefficient (Wildman–Crippen LogP) is 4.23. The lowest BCUT2D eigenvalue weighted by molar-refractivity contribution is 0.0991. The summed E-state index contributed by atoms with van der Waals surface area (Å²) >= 11 is 4.30. The average Bonchev–Trinajstić information content (AvgIpc) is 2.52. The minimum absolute atomic E-state index is 0.00395. The van der Waals surface area contributed by atoms with Crippen LogP contribution in [0.25, 0.3) is 0 Å². The van der Waals surface area contributed by atoms with Gasteiger partial charge in [0.2, 0.25) is 0 Å². The van der Waals surface area contributed by atoms with Gasteiger partial charge in [-0.3, -0.25) is 4.79 Å². The summed E-state index contributed by atoms with van der Waals surface area (Å²) < 4.78 is 28.4. The summed E-state index contributed by atoms with van der Waals surface area (Å²) in [5.41, 5.74) is 2.53. The molecule has 7 heteroatoms. The van der Waals surface area contributed by atoms with Crippen LogP contribution in [-0.4, -0.2) is 14.2 Å². The van der Waals surface area contributed by atoms with Crippen molar-refractivity contribution in [1.29, 1.82) is 0 Å². The van der Waals surface area contributed by atoms with E-state index >= 15 is 0 Å². The highest BCUT2D eigenvalue weighted by Crippen LogP contribution is 2.38. The molecule has 2 N–H and O–H groups in total. The van der Waals surface area contributed by atoms with Crippen LogP contribution in [0.5, 0.6) is 5.75 Å². The Bertz CT molecular complexity index is 950. The van der Waals surface area contributed by atoms with Crippen LogP contribution in [0, 0.1) is 0 Å². The van der Waals surface area contributed by atoms with Gasteiger partial charge in [0.15, 0.2) is 11.5 Å². The van der Waals surface area contributed by atoms with Crippen molar-refractivity contribution in [2.24, 2.45) is 5.14 Å². The first-order valence-corrected chi connectivity index (χ1v) is 10.6. The Hall–Kier alpha value is -1.83. The van der Waals surface area contributed by atoms with E-state index in [2.05, 4.69) is 12.6 Å². The maximum atomic E-state index is 13.0. The summed E-state index contributed by atoms with van der Waals surface area (Å²) in [6.07, 6.45) is 0.184. The lowest BCUT2D eigenvalue weighted by Gasteiger charge is -2.21. The fraction of sp³-hybridized carbons (Fsp3) is 0.350. The number of hydrogen-bond donors (Lipinski definition) is 2. The topological polar surface area (TPSA) is 86.5 Å². The fourth-order valence-electron chi connectivity index (χ4n) is 3.04. The molecule has 0 saturated heterocycles. The van der Waals surface area contributed by atoms with Crippen LogP contribution >= 0.6 is 12.6 Å². The smallest absolute Gasteiger partial charge is 0.370 e. The van der Waals surface area contributed by atoms with Gasteiger partial charge in [0, 0.05) is 22.4 Å². The number of Topliss-reactive ketones (excluding diaryl/α,β-unsaturated/α-hetero) is 1. The molecule has 2 aromatic rings. The van der Waals surface area contributed by atoms with Crippen molar-refractivity contribution >= 4 is 28.7 Å². The molecular weight excluding hydrogens is 382 g/mol. The molecule has 0 spiro atoms. The van der Waals surface area contributed by atoms with Crippen molar-refractivity contribution in [3.05, 3.63) is 58.7 Å². The first-order valence-electron chi connectivity index (χ1n) is 8.69. The minimum atomic E-state index is -4.22. The minimum Gasteiger partial charge on any atom is -0.370 e. The Morgan fingerprint density at radius 3 is 2.30 bits per heavy atom. The fourth-order valence-corrected chi connectivity index (χ4v) is 3.71. The first kappa shape index (κ1) is 21.5. The van der Waals surface area contributed by atoms with E-state index in [9.17, 15) is 13.2 Å². The van der Waals surface area contributed by atoms with E-state index in [4.69, 9.17) is 9.32 Å². The number of nitrogens with two attached hydrogens (primary N) is 1. The van der Waals surface area contributed by atoms with Crippen LogP contribution in [0.15, 0.2) is 41.3 Å². The molecule has 0 aliphatic carbocycles. The van der Waals surface area contributed by atoms with Crippen molar-refractivity contribution in [3.8, 4) is 5.75 Å². The highest BCUT2D eigenvalue weighted by atomic mass is 32.2. The van der Waals surface area contributed by atoms with Crippen LogP contribution in [-0.2, 0) is 16.7 Å². The Balaban J connectivity index is 2.58. The van der Waals surface area contributed by atoms with Crippen LogP contribution in [0.4, 0.5) is 0 Å². The van der Waals surface area contributed by atoms with Crippen molar-refractivity contribution in [1.82, 2.24) is 0 Å². The number of carbonyl (C=O) groups is 1. The van der Waals surface area contributed by atoms with Gasteiger partial charge in [0.05, 0.1) is 0 Å². The van der Waals surface area contributed by atoms with Crippen LogP contribution in [0.2, 0.25) is 0 Å². The lowest BCUT2D eigenvalue weighted by atomic mass is 9.87. The molecule has 2 rings (SSSR count). The number of thiol groups is 1. The van der Waals surface area contributed by atoms with Gasteiger partial charge in [-0.15, -0.1) is 12.6 Å². The molecule has 0 aromatic heterocycles. The summed E-state index contributed by atoms with van der Waals surface area (Å²) in [6.45, 7) is 7.63. The van der Waals surface area contributed by atoms with Gasteiger partial charge in [0.25, 0.3) is 0 Å². The second kappa shape index (κ2) is 8.46. The zero-order chi connectivity index (χ0) is 20.4. The number of benzene rings is 2. The van der Waals surface area contributed by atoms with E-state index in [-0.39, 0.29) is 29.8 Å². The van der Waals surface area contributed by atoms with Crippen molar-refractivity contribution in [3.63, 3.8) is 0 Å². The summed E-state index contributed by atoms with van der Waals surface area (Å²) in [5.74, 6) is -0.0802. The standard InChI is InChI=1S/C20H25NO4S2/c1-12(2)16-8-9-17(18(22)11-14-6-5-7-15(26)10-14)19(13(3)4)20(16)25-27(21,23)24/h5-10,12-13,26H,11H2,1-4H3,(H2,21,23,24). The summed E-state index contributed by atoms with van der Waals surface area (Å²) in [5, 5.41) is 5.13. The zero-order valence-corrected chi connectivity index (χ0v) is 17.6. The Morgan fingerprint density at radius 1 is 1.11 bits per heavy atom. The van der Waals surface area contributed by atoms with Gasteiger partial charge >= 0.3 is 10.3 Å². The molecule has 0 amide bonds. The molecule has 2 aromatic carbocycles. The van der Waals surface area contributed by atoms with Crippen molar-refractivity contribution in [2.75, 3.05) is 0 Å². The Kier molecular flexibility index (Phi) is 6.72. The molecule has 146 valence electrons. The van der Waals surface area contributed by atoms with E-state index in [0.717, 1.165) is 10.5 Å². The molecule has 0 aliphatic heterocycles. The second-order valence-corrected chi connectivity index (χ2v) is 8.77. The number of carbonyl (C=O) groups excluding carboxylic acids is 1. The molecule has 0 bridgehead atoms. The van der Waals surface area contributed by atoms with Crippen LogP contribution < -0.4 is 9.32 Å². The third kappa shape index (κ3) is 5.57. The lowest BCUT2D eigenvalue weighted by Crippen LogP contribution is -2.22. The van der Waals surface area contributed by atoms with Gasteiger partial charge in [0.1, 0.15) is 0 Å². The Labute approximate surface area is 166 Å². The third-order valence-corrected chi connectivity index (χ3v) is 4.88. The molecule has 0 heterocycles. The molecule has 0 aliphatic rings. The van der Waals surface area contributed by atoms with E-state index in [1.165, 1.54) is 0 Å². The molecule has 0 unspecified atom stereocenters. The summed E-state index contributed by atoms with van der Waals surface area (Å²) in [6, 6.07) is 10.8. The zero-order valence-electron chi connectivity index (χ0n) is 15.9. The molecule has 0 fully saturated rings. The summed E-state index contributed by atoms with van der Waals surface area (Å²) in [4.78, 5) is 13.8. The molecular formula is C20H25NO4S2. The number of ketones is 1. The van der Waals surface area contributed by atoms with Crippen molar-refractivity contribution < 1.29 is 17.4 Å². The Morgan fingerprint density at radius 2 is 1.78 bits per heavy atom. The molecule has 27 heavy (non-hydrogen) atoms. The van der Waals surface area contributed by atoms with Gasteiger partial charge in [-0.05, 0) is 35.1 Å². The molecule has 0 radical (unpaired) electrons. The number of rotatable bonds is 7. The third-order valence-electron chi connectivity index (χ3n) is 4.20. The van der Waals surface area contributed by atoms with Gasteiger partial charge in [-0.25, -0.2) is 0 Å². The monoisotopic (exact) mass is 407 g/mol. The predicted molar refractivity (Wildman–Crippen MR) is 110 cm³/mol. The maximum Gasteiger partial charge on any atom is 0.380 e. The van der Waals surface area contributed by atoms with Crippen LogP contribution in [0.1, 0.15) is 66.6 Å². The van der Waals surface area contributed by atoms with Gasteiger partial charge < -0.3 is 4.18 Å². The highest BCUT2D eigenvalue weighted by molar-refractivity contribution is 7.84. The molecule has 0 saturated carbocycles. The molecule has 0 atom stereocenters. The SMILES string of the molecule is CC(C)c1ccc(C(=O)Cc2cccc(S)c2)c(C(C)C)c1OS(N)(=O)=O. The maximum absolute atomic E-state index is 13.0. The van der Waals surface area contributed by atoms with Gasteiger partial charge in [-0.2, -0.15) is 13.6 Å². The first-order chi connectivity index (χ1) is 12.5. The average molecular weight is 408 g/mol. The van der Waals surface area contributed by atoms with E-state index in [1.807, 2.05) is 52.0 Å². The second-order valence-electron chi connectivity index (χ2n) is 7.10. The number of hydrogen-bond acceptors (Lipinski definition) is 5. The van der Waals surface area contributed by atoms with E-state index < -0.39 is 10.3 Å².